The van der Waals surface area contributed by atoms with Gasteiger partial charge in [0.25, 0.3) is 5.56 Å². The Labute approximate surface area is 207 Å². The van der Waals surface area contributed by atoms with Crippen LogP contribution in [0.15, 0.2) is 38.8 Å². The molecule has 2 aliphatic heterocycles. The highest BCUT2D eigenvalue weighted by Crippen LogP contribution is 2.49. The monoisotopic (exact) mass is 492 g/mol. The second-order valence-corrected chi connectivity index (χ2v) is 9.06. The van der Waals surface area contributed by atoms with Crippen LogP contribution in [-0.2, 0) is 6.42 Å². The van der Waals surface area contributed by atoms with Crippen LogP contribution in [0.5, 0.6) is 23.1 Å². The van der Waals surface area contributed by atoms with E-state index in [4.69, 9.17) is 14.2 Å². The molecule has 0 aliphatic carbocycles. The van der Waals surface area contributed by atoms with Gasteiger partial charge in [-0.25, -0.2) is 9.36 Å². The van der Waals surface area contributed by atoms with Crippen LogP contribution in [0.25, 0.3) is 5.69 Å². The minimum atomic E-state index is -0.723. The first-order chi connectivity index (χ1) is 17.3. The third kappa shape index (κ3) is 3.93. The van der Waals surface area contributed by atoms with Crippen molar-refractivity contribution in [1.29, 1.82) is 0 Å². The molecule has 2 aliphatic rings. The number of hydrogen-bond acceptors (Lipinski definition) is 8. The van der Waals surface area contributed by atoms with Gasteiger partial charge in [-0.2, -0.15) is 0 Å². The Bertz CT molecular complexity index is 1490. The lowest BCUT2D eigenvalue weighted by Gasteiger charge is -2.35. The number of aryl methyl sites for hydroxylation is 2. The standard InChI is InChI=1S/C26H28N4O6/c1-14-5-6-17(9-15(14)2)30-25(32)18(24(31)28-26(30)33)11-27-12-19-21-16(7-8-29(19)3)10-20-22(23(21)34-4)36-13-35-20/h5-6,9-11,19,32H,7-8,12-13H2,1-4H3,(H,28,31,33)/t19-/m1/s1. The summed E-state index contributed by atoms with van der Waals surface area (Å²) in [7, 11) is 3.59. The number of aromatic nitrogens is 2. The molecule has 0 saturated heterocycles. The van der Waals surface area contributed by atoms with E-state index in [1.807, 2.05) is 33.0 Å². The van der Waals surface area contributed by atoms with Gasteiger partial charge in [0.1, 0.15) is 5.56 Å². The van der Waals surface area contributed by atoms with Crippen LogP contribution in [0, 0.1) is 13.8 Å². The largest absolute Gasteiger partial charge is 0.493 e. The van der Waals surface area contributed by atoms with E-state index in [1.54, 1.807) is 19.2 Å². The number of nitrogens with zero attached hydrogens (tertiary/aromatic N) is 3. The summed E-state index contributed by atoms with van der Waals surface area (Å²) in [5.74, 6) is 1.40. The van der Waals surface area contributed by atoms with E-state index in [1.165, 1.54) is 6.21 Å². The molecule has 2 aromatic carbocycles. The molecule has 0 amide bonds. The van der Waals surface area contributed by atoms with Crippen LogP contribution in [0.4, 0.5) is 0 Å². The van der Waals surface area contributed by atoms with Gasteiger partial charge in [-0.3, -0.25) is 19.7 Å². The number of aromatic hydroxyl groups is 1. The second kappa shape index (κ2) is 9.19. The predicted molar refractivity (Wildman–Crippen MR) is 134 cm³/mol. The van der Waals surface area contributed by atoms with Crippen molar-refractivity contribution in [3.05, 3.63) is 72.9 Å². The van der Waals surface area contributed by atoms with E-state index in [-0.39, 0.29) is 18.4 Å². The number of hydrogen-bond donors (Lipinski definition) is 2. The number of aromatic amines is 1. The molecule has 1 atom stereocenters. The molecular formula is C26H28N4O6. The Balaban J connectivity index is 1.51. The van der Waals surface area contributed by atoms with E-state index >= 15 is 0 Å². The van der Waals surface area contributed by atoms with Gasteiger partial charge >= 0.3 is 5.69 Å². The molecule has 10 heteroatoms. The Morgan fingerprint density at radius 1 is 1.22 bits per heavy atom. The molecular weight excluding hydrogens is 464 g/mol. The lowest BCUT2D eigenvalue weighted by Crippen LogP contribution is -2.34. The van der Waals surface area contributed by atoms with Gasteiger partial charge in [0.15, 0.2) is 11.5 Å². The quantitative estimate of drug-likeness (QED) is 0.525. The fraction of sp³-hybridized carbons (Fsp3) is 0.346. The zero-order chi connectivity index (χ0) is 25.6. The van der Waals surface area contributed by atoms with Crippen molar-refractivity contribution in [2.75, 3.05) is 34.0 Å². The average Bonchev–Trinajstić information content (AvgIpc) is 3.31. The lowest BCUT2D eigenvalue weighted by atomic mass is 9.91. The molecule has 0 bridgehead atoms. The summed E-state index contributed by atoms with van der Waals surface area (Å²) in [6.45, 7) is 5.11. The predicted octanol–water partition coefficient (Wildman–Crippen LogP) is 2.23. The summed E-state index contributed by atoms with van der Waals surface area (Å²) in [5.41, 5.74) is 2.99. The van der Waals surface area contributed by atoms with Crippen LogP contribution in [-0.4, -0.2) is 59.8 Å². The number of likely N-dealkylation sites (N-methyl/N-ethyl adjacent to an activating group) is 1. The molecule has 3 heterocycles. The first-order valence-electron chi connectivity index (χ1n) is 11.7. The lowest BCUT2D eigenvalue weighted by molar-refractivity contribution is 0.170. The minimum absolute atomic E-state index is 0.0934. The van der Waals surface area contributed by atoms with Crippen molar-refractivity contribution in [3.63, 3.8) is 0 Å². The molecule has 188 valence electrons. The number of fused-ring (bicyclic) bond motifs is 2. The number of H-pyrrole nitrogens is 1. The van der Waals surface area contributed by atoms with Crippen molar-refractivity contribution in [2.45, 2.75) is 26.3 Å². The number of benzene rings is 2. The fourth-order valence-electron chi connectivity index (χ4n) is 4.76. The van der Waals surface area contributed by atoms with Crippen molar-refractivity contribution in [1.82, 2.24) is 14.5 Å². The summed E-state index contributed by atoms with van der Waals surface area (Å²) in [5, 5.41) is 10.9. The summed E-state index contributed by atoms with van der Waals surface area (Å²) in [6.07, 6.45) is 2.13. The molecule has 36 heavy (non-hydrogen) atoms. The van der Waals surface area contributed by atoms with Gasteiger partial charge in [0, 0.05) is 18.3 Å². The first-order valence-corrected chi connectivity index (χ1v) is 11.7. The maximum absolute atomic E-state index is 12.6. The molecule has 0 radical (unpaired) electrons. The molecule has 10 nitrogen and oxygen atoms in total. The van der Waals surface area contributed by atoms with E-state index in [0.29, 0.717) is 29.5 Å². The van der Waals surface area contributed by atoms with E-state index < -0.39 is 17.1 Å². The first kappa shape index (κ1) is 23.7. The van der Waals surface area contributed by atoms with Crippen molar-refractivity contribution in [3.8, 4) is 28.8 Å². The Morgan fingerprint density at radius 3 is 2.78 bits per heavy atom. The van der Waals surface area contributed by atoms with Crippen LogP contribution >= 0.6 is 0 Å². The maximum atomic E-state index is 12.6. The number of rotatable bonds is 5. The zero-order valence-corrected chi connectivity index (χ0v) is 20.6. The smallest absolute Gasteiger partial charge is 0.335 e. The van der Waals surface area contributed by atoms with Crippen molar-refractivity contribution < 1.29 is 19.3 Å². The Kier molecular flexibility index (Phi) is 6.05. The van der Waals surface area contributed by atoms with E-state index in [0.717, 1.165) is 39.8 Å². The maximum Gasteiger partial charge on any atom is 0.335 e. The molecule has 1 aromatic heterocycles. The number of methoxy groups -OCH3 is 1. The topological polar surface area (TPSA) is 118 Å². The van der Waals surface area contributed by atoms with E-state index in [9.17, 15) is 14.7 Å². The van der Waals surface area contributed by atoms with Crippen molar-refractivity contribution >= 4 is 6.21 Å². The Hall–Kier alpha value is -4.05. The fourth-order valence-corrected chi connectivity index (χ4v) is 4.76. The minimum Gasteiger partial charge on any atom is -0.493 e. The van der Waals surface area contributed by atoms with Crippen LogP contribution in [0.3, 0.4) is 0 Å². The average molecular weight is 493 g/mol. The molecule has 0 spiro atoms. The van der Waals surface area contributed by atoms with Gasteiger partial charge in [-0.05, 0) is 62.2 Å². The third-order valence-corrected chi connectivity index (χ3v) is 6.92. The molecule has 0 fully saturated rings. The highest BCUT2D eigenvalue weighted by atomic mass is 16.7. The molecule has 0 saturated carbocycles. The van der Waals surface area contributed by atoms with Gasteiger partial charge in [-0.15, -0.1) is 0 Å². The third-order valence-electron chi connectivity index (χ3n) is 6.92. The number of aliphatic imine (C=N–C) groups is 1. The van der Waals surface area contributed by atoms with Crippen LogP contribution in [0.2, 0.25) is 0 Å². The highest BCUT2D eigenvalue weighted by molar-refractivity contribution is 5.82. The molecule has 3 aromatic rings. The molecule has 5 rings (SSSR count). The van der Waals surface area contributed by atoms with E-state index in [2.05, 4.69) is 14.9 Å². The molecule has 0 unspecified atom stereocenters. The second-order valence-electron chi connectivity index (χ2n) is 9.06. The highest BCUT2D eigenvalue weighted by Gasteiger charge is 2.33. The van der Waals surface area contributed by atoms with Gasteiger partial charge < -0.3 is 19.3 Å². The van der Waals surface area contributed by atoms with Gasteiger partial charge in [-0.1, -0.05) is 6.07 Å². The van der Waals surface area contributed by atoms with Crippen LogP contribution < -0.4 is 25.5 Å². The summed E-state index contributed by atoms with van der Waals surface area (Å²) in [6, 6.07) is 7.18. The van der Waals surface area contributed by atoms with Crippen molar-refractivity contribution in [2.24, 2.45) is 4.99 Å². The summed E-state index contributed by atoms with van der Waals surface area (Å²) in [4.78, 5) is 34.0. The molecule has 2 N–H and O–H groups in total. The number of nitrogens with one attached hydrogen (secondary N) is 1. The van der Waals surface area contributed by atoms with Gasteiger partial charge in [0.05, 0.1) is 25.4 Å². The Morgan fingerprint density at radius 2 is 2.03 bits per heavy atom. The summed E-state index contributed by atoms with van der Waals surface area (Å²) < 4.78 is 18.0. The van der Waals surface area contributed by atoms with Gasteiger partial charge in [0.2, 0.25) is 18.4 Å². The normalized spacial score (nSPS) is 16.9. The SMILES string of the molecule is COc1c2c(cc3c1[C@@H](CN=Cc1c(O)n(-c4ccc(C)c(C)c4)c(=O)[nH]c1=O)N(C)CC3)OCO2. The summed E-state index contributed by atoms with van der Waals surface area (Å²) >= 11 is 0. The van der Waals surface area contributed by atoms with Crippen LogP contribution in [0.1, 0.15) is 33.9 Å². The zero-order valence-electron chi connectivity index (χ0n) is 20.6. The number of ether oxygens (including phenoxy) is 3.